The SMILES string of the molecule is COC(=O)C1CC(NC(=O)c2nccc3ccccc23)C2C/C=C\CCC(=O)N12. The van der Waals surface area contributed by atoms with Crippen LogP contribution in [0, 0.1) is 0 Å². The van der Waals surface area contributed by atoms with Gasteiger partial charge in [0.15, 0.2) is 0 Å². The van der Waals surface area contributed by atoms with Gasteiger partial charge in [0.2, 0.25) is 5.91 Å². The van der Waals surface area contributed by atoms with E-state index in [4.69, 9.17) is 4.74 Å². The summed E-state index contributed by atoms with van der Waals surface area (Å²) >= 11 is 0. The van der Waals surface area contributed by atoms with Crippen molar-refractivity contribution in [2.45, 2.75) is 43.8 Å². The summed E-state index contributed by atoms with van der Waals surface area (Å²) < 4.78 is 4.92. The summed E-state index contributed by atoms with van der Waals surface area (Å²) in [5.41, 5.74) is 0.337. The summed E-state index contributed by atoms with van der Waals surface area (Å²) in [7, 11) is 1.32. The first-order valence-electron chi connectivity index (χ1n) is 9.78. The van der Waals surface area contributed by atoms with Crippen molar-refractivity contribution in [3.05, 3.63) is 54.4 Å². The molecule has 1 saturated heterocycles. The van der Waals surface area contributed by atoms with E-state index >= 15 is 0 Å². The summed E-state index contributed by atoms with van der Waals surface area (Å²) in [6.07, 6.45) is 7.49. The van der Waals surface area contributed by atoms with Crippen LogP contribution in [0.15, 0.2) is 48.7 Å². The van der Waals surface area contributed by atoms with Crippen LogP contribution in [0.1, 0.15) is 36.2 Å². The Morgan fingerprint density at radius 3 is 2.86 bits per heavy atom. The minimum absolute atomic E-state index is 0.0882. The first-order valence-corrected chi connectivity index (χ1v) is 9.78. The fourth-order valence-corrected chi connectivity index (χ4v) is 4.30. The van der Waals surface area contributed by atoms with Gasteiger partial charge < -0.3 is 15.0 Å². The number of hydrogen-bond donors (Lipinski definition) is 1. The molecule has 1 fully saturated rings. The van der Waals surface area contributed by atoms with Crippen LogP contribution in [0.3, 0.4) is 0 Å². The van der Waals surface area contributed by atoms with Crippen molar-refractivity contribution in [2.24, 2.45) is 0 Å². The van der Waals surface area contributed by atoms with E-state index in [0.29, 0.717) is 31.4 Å². The Balaban J connectivity index is 1.63. The molecule has 7 heteroatoms. The lowest BCUT2D eigenvalue weighted by Gasteiger charge is -2.31. The molecular weight excluding hydrogens is 370 g/mol. The predicted molar refractivity (Wildman–Crippen MR) is 107 cm³/mol. The number of carbonyl (C=O) groups is 3. The van der Waals surface area contributed by atoms with E-state index in [2.05, 4.69) is 10.3 Å². The number of allylic oxidation sites excluding steroid dienone is 1. The molecule has 1 N–H and O–H groups in total. The number of ether oxygens (including phenoxy) is 1. The molecule has 2 aromatic rings. The zero-order valence-corrected chi connectivity index (χ0v) is 16.2. The minimum Gasteiger partial charge on any atom is -0.467 e. The number of benzene rings is 1. The standard InChI is InChI=1S/C22H23N3O4/c1-29-22(28)18-13-16(17-9-3-2-4-10-19(26)25(17)18)24-21(27)20-15-8-6-5-7-14(15)11-12-23-20/h2-3,5-8,11-12,16-18H,4,9-10,13H2,1H3,(H,24,27)/b3-2-. The van der Waals surface area contributed by atoms with Gasteiger partial charge in [-0.15, -0.1) is 0 Å². The molecule has 0 spiro atoms. The number of pyridine rings is 1. The molecule has 0 saturated carbocycles. The lowest BCUT2D eigenvalue weighted by Crippen LogP contribution is -2.49. The summed E-state index contributed by atoms with van der Waals surface area (Å²) in [5, 5.41) is 4.72. The molecule has 1 aromatic carbocycles. The minimum atomic E-state index is -0.685. The number of esters is 1. The molecule has 0 bridgehead atoms. The van der Waals surface area contributed by atoms with Crippen molar-refractivity contribution in [2.75, 3.05) is 7.11 Å². The van der Waals surface area contributed by atoms with Crippen molar-refractivity contribution < 1.29 is 19.1 Å². The molecule has 4 rings (SSSR count). The Kier molecular flexibility index (Phi) is 5.29. The average Bonchev–Trinajstić information content (AvgIpc) is 3.08. The molecule has 2 aliphatic heterocycles. The second-order valence-electron chi connectivity index (χ2n) is 7.35. The molecule has 3 unspecified atom stereocenters. The van der Waals surface area contributed by atoms with E-state index in [0.717, 1.165) is 10.8 Å². The second-order valence-corrected chi connectivity index (χ2v) is 7.35. The van der Waals surface area contributed by atoms with Crippen LogP contribution in [0.4, 0.5) is 0 Å². The van der Waals surface area contributed by atoms with E-state index in [9.17, 15) is 14.4 Å². The largest absolute Gasteiger partial charge is 0.467 e. The first-order chi connectivity index (χ1) is 14.1. The summed E-state index contributed by atoms with van der Waals surface area (Å²) in [6, 6.07) is 8.08. The first kappa shape index (κ1) is 19.1. The fraction of sp³-hybridized carbons (Fsp3) is 0.364. The number of nitrogens with one attached hydrogen (secondary N) is 1. The van der Waals surface area contributed by atoms with E-state index < -0.39 is 12.0 Å². The van der Waals surface area contributed by atoms with Crippen molar-refractivity contribution in [3.63, 3.8) is 0 Å². The molecule has 3 heterocycles. The third kappa shape index (κ3) is 3.60. The molecule has 3 atom stereocenters. The Morgan fingerprint density at radius 2 is 2.03 bits per heavy atom. The van der Waals surface area contributed by atoms with Gasteiger partial charge in [-0.2, -0.15) is 0 Å². The molecule has 29 heavy (non-hydrogen) atoms. The highest BCUT2D eigenvalue weighted by Gasteiger charge is 2.47. The Labute approximate surface area is 168 Å². The van der Waals surface area contributed by atoms with Gasteiger partial charge in [-0.05, 0) is 24.3 Å². The summed E-state index contributed by atoms with van der Waals surface area (Å²) in [4.78, 5) is 44.0. The average molecular weight is 393 g/mol. The maximum atomic E-state index is 13.1. The number of aromatic nitrogens is 1. The molecule has 1 aromatic heterocycles. The Bertz CT molecular complexity index is 982. The van der Waals surface area contributed by atoms with Crippen LogP contribution in [-0.4, -0.2) is 52.9 Å². The van der Waals surface area contributed by atoms with Crippen molar-refractivity contribution in [3.8, 4) is 0 Å². The molecular formula is C22H23N3O4. The monoisotopic (exact) mass is 393 g/mol. The maximum Gasteiger partial charge on any atom is 0.328 e. The number of carbonyl (C=O) groups excluding carboxylic acids is 3. The van der Waals surface area contributed by atoms with Crippen LogP contribution in [-0.2, 0) is 14.3 Å². The zero-order valence-electron chi connectivity index (χ0n) is 16.2. The molecule has 2 aliphatic rings. The fourth-order valence-electron chi connectivity index (χ4n) is 4.30. The normalized spacial score (nSPS) is 25.1. The van der Waals surface area contributed by atoms with Gasteiger partial charge in [0.1, 0.15) is 11.7 Å². The van der Waals surface area contributed by atoms with Crippen molar-refractivity contribution >= 4 is 28.6 Å². The molecule has 0 radical (unpaired) electrons. The van der Waals surface area contributed by atoms with Crippen molar-refractivity contribution in [1.29, 1.82) is 0 Å². The highest BCUT2D eigenvalue weighted by atomic mass is 16.5. The summed E-state index contributed by atoms with van der Waals surface area (Å²) in [6.45, 7) is 0. The topological polar surface area (TPSA) is 88.6 Å². The molecule has 7 nitrogen and oxygen atoms in total. The lowest BCUT2D eigenvalue weighted by atomic mass is 10.0. The number of methoxy groups -OCH3 is 1. The number of hydrogen-bond acceptors (Lipinski definition) is 5. The van der Waals surface area contributed by atoms with E-state index in [-0.39, 0.29) is 23.9 Å². The third-order valence-electron chi connectivity index (χ3n) is 5.67. The highest BCUT2D eigenvalue weighted by molar-refractivity contribution is 6.05. The zero-order chi connectivity index (χ0) is 20.4. The number of amides is 2. The van der Waals surface area contributed by atoms with E-state index in [1.54, 1.807) is 11.1 Å². The van der Waals surface area contributed by atoms with Gasteiger partial charge in [0.25, 0.3) is 5.91 Å². The third-order valence-corrected chi connectivity index (χ3v) is 5.67. The van der Waals surface area contributed by atoms with Gasteiger partial charge >= 0.3 is 5.97 Å². The molecule has 150 valence electrons. The van der Waals surface area contributed by atoms with E-state index in [1.165, 1.54) is 7.11 Å². The van der Waals surface area contributed by atoms with Gasteiger partial charge in [0, 0.05) is 24.4 Å². The van der Waals surface area contributed by atoms with Crippen LogP contribution in [0.25, 0.3) is 10.8 Å². The van der Waals surface area contributed by atoms with Crippen LogP contribution in [0.2, 0.25) is 0 Å². The lowest BCUT2D eigenvalue weighted by molar-refractivity contribution is -0.152. The van der Waals surface area contributed by atoms with E-state index in [1.807, 2.05) is 42.5 Å². The van der Waals surface area contributed by atoms with Crippen molar-refractivity contribution in [1.82, 2.24) is 15.2 Å². The summed E-state index contributed by atoms with van der Waals surface area (Å²) in [5.74, 6) is -0.849. The van der Waals surface area contributed by atoms with Crippen LogP contribution < -0.4 is 5.32 Å². The van der Waals surface area contributed by atoms with Crippen LogP contribution in [0.5, 0.6) is 0 Å². The number of nitrogens with zero attached hydrogens (tertiary/aromatic N) is 2. The van der Waals surface area contributed by atoms with Gasteiger partial charge in [0.05, 0.1) is 19.2 Å². The van der Waals surface area contributed by atoms with Gasteiger partial charge in [-0.25, -0.2) is 4.79 Å². The molecule has 0 aliphatic carbocycles. The number of fused-ring (bicyclic) bond motifs is 2. The Hall–Kier alpha value is -3.22. The second kappa shape index (κ2) is 8.03. The highest BCUT2D eigenvalue weighted by Crippen LogP contribution is 2.31. The maximum absolute atomic E-state index is 13.1. The number of rotatable bonds is 3. The van der Waals surface area contributed by atoms with Gasteiger partial charge in [-0.3, -0.25) is 14.6 Å². The van der Waals surface area contributed by atoms with Crippen LogP contribution >= 0.6 is 0 Å². The molecule has 2 amide bonds. The predicted octanol–water partition coefficient (Wildman–Crippen LogP) is 2.22. The smallest absolute Gasteiger partial charge is 0.328 e. The van der Waals surface area contributed by atoms with Gasteiger partial charge in [-0.1, -0.05) is 36.4 Å². The quantitative estimate of drug-likeness (QED) is 0.638. The Morgan fingerprint density at radius 1 is 1.21 bits per heavy atom.